The summed E-state index contributed by atoms with van der Waals surface area (Å²) in [4.78, 5) is 35.2. The minimum absolute atomic E-state index is 0.0336. The molecule has 1 unspecified atom stereocenters. The lowest BCUT2D eigenvalue weighted by Gasteiger charge is -2.47. The highest BCUT2D eigenvalue weighted by Gasteiger charge is 2.43. The van der Waals surface area contributed by atoms with Crippen LogP contribution >= 0.6 is 0 Å². The van der Waals surface area contributed by atoms with Gasteiger partial charge in [0, 0.05) is 46.0 Å². The Labute approximate surface area is 160 Å². The number of carbonyl (C=O) groups is 2. The van der Waals surface area contributed by atoms with E-state index in [1.807, 2.05) is 30.1 Å². The molecule has 1 aromatic heterocycles. The fourth-order valence-electron chi connectivity index (χ4n) is 4.51. The molecular formula is C20H28N4O3. The van der Waals surface area contributed by atoms with Crippen LogP contribution in [-0.2, 0) is 14.3 Å². The minimum Gasteiger partial charge on any atom is -0.363 e. The topological polar surface area (TPSA) is 66.0 Å². The standard InChI is InChI=1S/C20H28N4O3/c1-22-15-20(27-14-18(22)25)7-11-23(12-8-20)19(26)16-5-4-10-24(13-16)17-6-2-3-9-21-17/h2-3,6,9,16H,4-5,7-8,10-15H2,1H3. The third-order valence-electron chi connectivity index (χ3n) is 6.18. The van der Waals surface area contributed by atoms with E-state index in [1.54, 1.807) is 11.1 Å². The van der Waals surface area contributed by atoms with E-state index in [0.29, 0.717) is 19.6 Å². The van der Waals surface area contributed by atoms with Crippen LogP contribution in [0.3, 0.4) is 0 Å². The van der Waals surface area contributed by atoms with Crippen LogP contribution in [0.15, 0.2) is 24.4 Å². The van der Waals surface area contributed by atoms with Crippen molar-refractivity contribution in [3.05, 3.63) is 24.4 Å². The molecule has 1 aromatic rings. The number of carbonyl (C=O) groups excluding carboxylic acids is 2. The molecule has 4 heterocycles. The van der Waals surface area contributed by atoms with Gasteiger partial charge < -0.3 is 19.4 Å². The highest BCUT2D eigenvalue weighted by molar-refractivity contribution is 5.80. The van der Waals surface area contributed by atoms with Gasteiger partial charge in [-0.2, -0.15) is 0 Å². The first-order chi connectivity index (χ1) is 13.1. The van der Waals surface area contributed by atoms with Crippen LogP contribution in [0.1, 0.15) is 25.7 Å². The molecule has 146 valence electrons. The fraction of sp³-hybridized carbons (Fsp3) is 0.650. The summed E-state index contributed by atoms with van der Waals surface area (Å²) in [7, 11) is 1.83. The zero-order valence-electron chi connectivity index (χ0n) is 16.0. The summed E-state index contributed by atoms with van der Waals surface area (Å²) in [6.07, 6.45) is 5.36. The summed E-state index contributed by atoms with van der Waals surface area (Å²) in [5.74, 6) is 1.28. The second-order valence-corrected chi connectivity index (χ2v) is 8.02. The van der Waals surface area contributed by atoms with E-state index in [9.17, 15) is 9.59 Å². The number of likely N-dealkylation sites (tertiary alicyclic amines) is 1. The highest BCUT2D eigenvalue weighted by Crippen LogP contribution is 2.31. The number of ether oxygens (including phenoxy) is 1. The van der Waals surface area contributed by atoms with E-state index < -0.39 is 0 Å². The third-order valence-corrected chi connectivity index (χ3v) is 6.18. The molecule has 0 N–H and O–H groups in total. The number of hydrogen-bond donors (Lipinski definition) is 0. The fourth-order valence-corrected chi connectivity index (χ4v) is 4.51. The van der Waals surface area contributed by atoms with Gasteiger partial charge in [0.15, 0.2) is 0 Å². The number of anilines is 1. The first-order valence-electron chi connectivity index (χ1n) is 9.89. The molecule has 0 radical (unpaired) electrons. The number of morpholine rings is 1. The SMILES string of the molecule is CN1CC2(CCN(C(=O)C3CCCN(c4ccccn4)C3)CC2)OCC1=O. The largest absolute Gasteiger partial charge is 0.363 e. The van der Waals surface area contributed by atoms with E-state index >= 15 is 0 Å². The van der Waals surface area contributed by atoms with Crippen LogP contribution in [-0.4, -0.2) is 78.6 Å². The smallest absolute Gasteiger partial charge is 0.248 e. The molecule has 0 bridgehead atoms. The first kappa shape index (κ1) is 18.2. The van der Waals surface area contributed by atoms with Crippen LogP contribution in [0, 0.1) is 5.92 Å². The highest BCUT2D eigenvalue weighted by atomic mass is 16.5. The molecule has 1 atom stereocenters. The molecule has 1 spiro atoms. The number of nitrogens with zero attached hydrogens (tertiary/aromatic N) is 4. The summed E-state index contributed by atoms with van der Waals surface area (Å²) >= 11 is 0. The summed E-state index contributed by atoms with van der Waals surface area (Å²) in [5.41, 5.74) is -0.272. The monoisotopic (exact) mass is 372 g/mol. The maximum absolute atomic E-state index is 13.1. The molecular weight excluding hydrogens is 344 g/mol. The van der Waals surface area contributed by atoms with Crippen LogP contribution in [0.5, 0.6) is 0 Å². The van der Waals surface area contributed by atoms with E-state index in [0.717, 1.165) is 44.6 Å². The van der Waals surface area contributed by atoms with Crippen molar-refractivity contribution in [1.82, 2.24) is 14.8 Å². The molecule has 3 aliphatic rings. The van der Waals surface area contributed by atoms with Crippen molar-refractivity contribution >= 4 is 17.6 Å². The van der Waals surface area contributed by atoms with Gasteiger partial charge in [-0.3, -0.25) is 9.59 Å². The number of amides is 2. The number of piperidine rings is 2. The minimum atomic E-state index is -0.272. The van der Waals surface area contributed by atoms with Crippen molar-refractivity contribution in [2.75, 3.05) is 51.3 Å². The molecule has 27 heavy (non-hydrogen) atoms. The van der Waals surface area contributed by atoms with E-state index in [-0.39, 0.29) is 29.9 Å². The van der Waals surface area contributed by atoms with Crippen molar-refractivity contribution in [2.45, 2.75) is 31.3 Å². The maximum Gasteiger partial charge on any atom is 0.248 e. The van der Waals surface area contributed by atoms with Gasteiger partial charge in [0.05, 0.1) is 11.5 Å². The lowest BCUT2D eigenvalue weighted by atomic mass is 9.88. The second-order valence-electron chi connectivity index (χ2n) is 8.02. The van der Waals surface area contributed by atoms with Gasteiger partial charge in [-0.05, 0) is 37.8 Å². The molecule has 3 saturated heterocycles. The molecule has 0 aliphatic carbocycles. The Hall–Kier alpha value is -2.15. The van der Waals surface area contributed by atoms with Crippen LogP contribution in [0.4, 0.5) is 5.82 Å². The molecule has 3 aliphatic heterocycles. The second kappa shape index (κ2) is 7.46. The Morgan fingerprint density at radius 1 is 1.26 bits per heavy atom. The lowest BCUT2D eigenvalue weighted by molar-refractivity contribution is -0.171. The first-order valence-corrected chi connectivity index (χ1v) is 9.89. The number of pyridine rings is 1. The van der Waals surface area contributed by atoms with Crippen molar-refractivity contribution in [1.29, 1.82) is 0 Å². The molecule has 0 aromatic carbocycles. The average molecular weight is 372 g/mol. The number of hydrogen-bond acceptors (Lipinski definition) is 5. The predicted octanol–water partition coefficient (Wildman–Crippen LogP) is 1.15. The predicted molar refractivity (Wildman–Crippen MR) is 101 cm³/mol. The van der Waals surface area contributed by atoms with Crippen LogP contribution in [0.25, 0.3) is 0 Å². The van der Waals surface area contributed by atoms with Gasteiger partial charge in [-0.25, -0.2) is 4.98 Å². The van der Waals surface area contributed by atoms with Crippen molar-refractivity contribution < 1.29 is 14.3 Å². The Morgan fingerprint density at radius 3 is 2.78 bits per heavy atom. The van der Waals surface area contributed by atoms with E-state index in [1.165, 1.54) is 0 Å². The lowest BCUT2D eigenvalue weighted by Crippen LogP contribution is -2.59. The third kappa shape index (κ3) is 3.78. The molecule has 7 nitrogen and oxygen atoms in total. The Kier molecular flexibility index (Phi) is 5.04. The molecule has 2 amide bonds. The van der Waals surface area contributed by atoms with Gasteiger partial charge in [0.1, 0.15) is 12.4 Å². The number of aromatic nitrogens is 1. The van der Waals surface area contributed by atoms with Gasteiger partial charge in [0.25, 0.3) is 0 Å². The van der Waals surface area contributed by atoms with Crippen molar-refractivity contribution in [2.24, 2.45) is 5.92 Å². The van der Waals surface area contributed by atoms with Crippen LogP contribution < -0.4 is 4.90 Å². The van der Waals surface area contributed by atoms with Crippen molar-refractivity contribution in [3.63, 3.8) is 0 Å². The van der Waals surface area contributed by atoms with Crippen molar-refractivity contribution in [3.8, 4) is 0 Å². The van der Waals surface area contributed by atoms with Gasteiger partial charge >= 0.3 is 0 Å². The van der Waals surface area contributed by atoms with Gasteiger partial charge in [-0.15, -0.1) is 0 Å². The molecule has 3 fully saturated rings. The Bertz CT molecular complexity index is 688. The maximum atomic E-state index is 13.1. The summed E-state index contributed by atoms with van der Waals surface area (Å²) in [5, 5.41) is 0. The van der Waals surface area contributed by atoms with Crippen LogP contribution in [0.2, 0.25) is 0 Å². The van der Waals surface area contributed by atoms with Gasteiger partial charge in [-0.1, -0.05) is 6.07 Å². The summed E-state index contributed by atoms with van der Waals surface area (Å²) < 4.78 is 5.89. The van der Waals surface area contributed by atoms with Gasteiger partial charge in [0.2, 0.25) is 11.8 Å². The van der Waals surface area contributed by atoms with E-state index in [4.69, 9.17) is 4.74 Å². The average Bonchev–Trinajstić information content (AvgIpc) is 2.72. The molecule has 7 heteroatoms. The summed E-state index contributed by atoms with van der Waals surface area (Å²) in [6.45, 7) is 3.90. The zero-order chi connectivity index (χ0) is 18.9. The number of likely N-dealkylation sites (N-methyl/N-ethyl adjacent to an activating group) is 1. The zero-order valence-corrected chi connectivity index (χ0v) is 16.0. The van der Waals surface area contributed by atoms with E-state index in [2.05, 4.69) is 9.88 Å². The Morgan fingerprint density at radius 2 is 2.07 bits per heavy atom. The quantitative estimate of drug-likeness (QED) is 0.779. The normalized spacial score (nSPS) is 25.7. The summed E-state index contributed by atoms with van der Waals surface area (Å²) in [6, 6.07) is 5.91. The Balaban J connectivity index is 1.34. The molecule has 4 rings (SSSR count). The molecule has 0 saturated carbocycles. The number of rotatable bonds is 2.